The van der Waals surface area contributed by atoms with Crippen molar-refractivity contribution in [3.63, 3.8) is 0 Å². The molecule has 174 valence electrons. The molecule has 0 fully saturated rings. The van der Waals surface area contributed by atoms with Crippen LogP contribution < -0.4 is 14.9 Å². The molecule has 1 aliphatic heterocycles. The second-order valence-electron chi connectivity index (χ2n) is 8.21. The maximum Gasteiger partial charge on any atom is 0.290 e. The van der Waals surface area contributed by atoms with E-state index in [-0.39, 0.29) is 17.1 Å². The van der Waals surface area contributed by atoms with E-state index in [1.54, 1.807) is 37.3 Å². The minimum atomic E-state index is -0.630. The Hall–Kier alpha value is -3.32. The lowest BCUT2D eigenvalue weighted by atomic mass is 9.97. The highest BCUT2D eigenvalue weighted by Gasteiger charge is 2.44. The standard InChI is InChI=1S/C26H30N2O5/c1-6-27(7-2)12-13-28-23(18-15-17(31-4)9-11-20(18)32-5)22-24(29)19-14-16(3)8-10-21(19)33-25(22)26(28)30/h8-11,14-15,23H,6-7,12-13H2,1-5H3/t23-/m0/s1. The molecule has 0 aliphatic carbocycles. The number of likely N-dealkylation sites (N-methyl/N-ethyl adjacent to an activating group) is 1. The molecule has 1 atom stereocenters. The molecule has 1 aromatic heterocycles. The molecular weight excluding hydrogens is 420 g/mol. The van der Waals surface area contributed by atoms with Crippen LogP contribution >= 0.6 is 0 Å². The summed E-state index contributed by atoms with van der Waals surface area (Å²) >= 11 is 0. The van der Waals surface area contributed by atoms with E-state index in [9.17, 15) is 9.59 Å². The monoisotopic (exact) mass is 450 g/mol. The fourth-order valence-corrected chi connectivity index (χ4v) is 4.53. The van der Waals surface area contributed by atoms with Crippen molar-refractivity contribution in [3.8, 4) is 11.5 Å². The van der Waals surface area contributed by atoms with Gasteiger partial charge in [0.15, 0.2) is 5.43 Å². The molecule has 0 saturated carbocycles. The summed E-state index contributed by atoms with van der Waals surface area (Å²) in [6.07, 6.45) is 0. The van der Waals surface area contributed by atoms with Crippen molar-refractivity contribution < 1.29 is 18.7 Å². The number of carbonyl (C=O) groups is 1. The molecule has 0 saturated heterocycles. The maximum absolute atomic E-state index is 13.7. The molecule has 0 bridgehead atoms. The lowest BCUT2D eigenvalue weighted by Crippen LogP contribution is -2.38. The molecule has 0 radical (unpaired) electrons. The van der Waals surface area contributed by atoms with E-state index in [0.29, 0.717) is 46.7 Å². The van der Waals surface area contributed by atoms with Gasteiger partial charge in [0.1, 0.15) is 17.1 Å². The third-order valence-electron chi connectivity index (χ3n) is 6.40. The van der Waals surface area contributed by atoms with Crippen LogP contribution in [-0.4, -0.2) is 56.1 Å². The van der Waals surface area contributed by atoms with Gasteiger partial charge in [0.25, 0.3) is 5.91 Å². The lowest BCUT2D eigenvalue weighted by molar-refractivity contribution is 0.0706. The van der Waals surface area contributed by atoms with Crippen molar-refractivity contribution in [2.45, 2.75) is 26.8 Å². The number of benzene rings is 2. The third-order valence-corrected chi connectivity index (χ3v) is 6.40. The van der Waals surface area contributed by atoms with Gasteiger partial charge in [-0.25, -0.2) is 0 Å². The van der Waals surface area contributed by atoms with Crippen LogP contribution in [0.15, 0.2) is 45.6 Å². The minimum Gasteiger partial charge on any atom is -0.497 e. The van der Waals surface area contributed by atoms with Crippen molar-refractivity contribution in [2.75, 3.05) is 40.4 Å². The zero-order valence-corrected chi connectivity index (χ0v) is 19.8. The molecule has 0 unspecified atom stereocenters. The first-order chi connectivity index (χ1) is 15.9. The Bertz CT molecular complexity index is 1250. The van der Waals surface area contributed by atoms with Crippen LogP contribution in [0.5, 0.6) is 11.5 Å². The van der Waals surface area contributed by atoms with E-state index in [4.69, 9.17) is 13.9 Å². The minimum absolute atomic E-state index is 0.103. The number of hydrogen-bond donors (Lipinski definition) is 0. The van der Waals surface area contributed by atoms with E-state index in [1.165, 1.54) is 0 Å². The fourth-order valence-electron chi connectivity index (χ4n) is 4.53. The Morgan fingerprint density at radius 1 is 1.03 bits per heavy atom. The number of carbonyl (C=O) groups excluding carboxylic acids is 1. The molecule has 1 aliphatic rings. The summed E-state index contributed by atoms with van der Waals surface area (Å²) in [5.41, 5.74) is 2.23. The largest absolute Gasteiger partial charge is 0.497 e. The highest BCUT2D eigenvalue weighted by molar-refractivity contribution is 5.99. The zero-order chi connectivity index (χ0) is 23.7. The Balaban J connectivity index is 1.94. The topological polar surface area (TPSA) is 72.2 Å². The van der Waals surface area contributed by atoms with Gasteiger partial charge in [-0.3, -0.25) is 9.59 Å². The Labute approximate surface area is 193 Å². The number of nitrogens with zero attached hydrogens (tertiary/aromatic N) is 2. The van der Waals surface area contributed by atoms with Gasteiger partial charge >= 0.3 is 0 Å². The first-order valence-electron chi connectivity index (χ1n) is 11.3. The normalized spacial score (nSPS) is 15.4. The van der Waals surface area contributed by atoms with Gasteiger partial charge in [0.05, 0.1) is 31.2 Å². The highest BCUT2D eigenvalue weighted by atomic mass is 16.5. The number of methoxy groups -OCH3 is 2. The van der Waals surface area contributed by atoms with E-state index in [1.807, 2.05) is 25.1 Å². The van der Waals surface area contributed by atoms with Crippen LogP contribution in [0.25, 0.3) is 11.0 Å². The van der Waals surface area contributed by atoms with Crippen LogP contribution in [0.3, 0.4) is 0 Å². The van der Waals surface area contributed by atoms with Crippen LogP contribution in [-0.2, 0) is 0 Å². The third kappa shape index (κ3) is 3.97. The summed E-state index contributed by atoms with van der Waals surface area (Å²) in [5.74, 6) is 1.02. The molecule has 0 N–H and O–H groups in total. The first kappa shape index (κ1) is 22.9. The molecule has 4 rings (SSSR count). The number of ether oxygens (including phenoxy) is 2. The summed E-state index contributed by atoms with van der Waals surface area (Å²) in [4.78, 5) is 31.3. The van der Waals surface area contributed by atoms with Gasteiger partial charge in [-0.15, -0.1) is 0 Å². The number of fused-ring (bicyclic) bond motifs is 2. The predicted octanol–water partition coefficient (Wildman–Crippen LogP) is 4.01. The van der Waals surface area contributed by atoms with Gasteiger partial charge in [-0.2, -0.15) is 0 Å². The van der Waals surface area contributed by atoms with Gasteiger partial charge < -0.3 is 23.7 Å². The van der Waals surface area contributed by atoms with E-state index < -0.39 is 6.04 Å². The Morgan fingerprint density at radius 3 is 2.45 bits per heavy atom. The van der Waals surface area contributed by atoms with Crippen molar-refractivity contribution in [2.24, 2.45) is 0 Å². The van der Waals surface area contributed by atoms with Crippen molar-refractivity contribution in [1.82, 2.24) is 9.80 Å². The molecule has 7 nitrogen and oxygen atoms in total. The summed E-state index contributed by atoms with van der Waals surface area (Å²) in [6.45, 7) is 8.99. The fraction of sp³-hybridized carbons (Fsp3) is 0.385. The van der Waals surface area contributed by atoms with Crippen molar-refractivity contribution in [3.05, 3.63) is 69.1 Å². The summed E-state index contributed by atoms with van der Waals surface area (Å²) < 4.78 is 17.1. The second-order valence-corrected chi connectivity index (χ2v) is 8.21. The Kier molecular flexibility index (Phi) is 6.42. The quantitative estimate of drug-likeness (QED) is 0.517. The van der Waals surface area contributed by atoms with Crippen molar-refractivity contribution >= 4 is 16.9 Å². The molecule has 2 heterocycles. The van der Waals surface area contributed by atoms with Crippen molar-refractivity contribution in [1.29, 1.82) is 0 Å². The van der Waals surface area contributed by atoms with Gasteiger partial charge in [-0.05, 0) is 50.3 Å². The number of aryl methyl sites for hydroxylation is 1. The van der Waals surface area contributed by atoms with E-state index in [0.717, 1.165) is 18.7 Å². The molecule has 33 heavy (non-hydrogen) atoms. The van der Waals surface area contributed by atoms with Crippen LogP contribution in [0, 0.1) is 6.92 Å². The number of hydrogen-bond acceptors (Lipinski definition) is 6. The molecule has 3 aromatic rings. The van der Waals surface area contributed by atoms with Gasteiger partial charge in [0.2, 0.25) is 5.76 Å². The van der Waals surface area contributed by atoms with E-state index >= 15 is 0 Å². The summed E-state index contributed by atoms with van der Waals surface area (Å²) in [7, 11) is 3.16. The molecule has 0 spiro atoms. The van der Waals surface area contributed by atoms with Gasteiger partial charge in [-0.1, -0.05) is 25.5 Å². The zero-order valence-electron chi connectivity index (χ0n) is 19.8. The summed E-state index contributed by atoms with van der Waals surface area (Å²) in [5, 5.41) is 0.471. The number of amides is 1. The van der Waals surface area contributed by atoms with Crippen LogP contribution in [0.4, 0.5) is 0 Å². The molecule has 7 heteroatoms. The Morgan fingerprint density at radius 2 is 1.79 bits per heavy atom. The second kappa shape index (κ2) is 9.27. The van der Waals surface area contributed by atoms with E-state index in [2.05, 4.69) is 18.7 Å². The SMILES string of the molecule is CCN(CC)CCN1C(=O)c2oc3ccc(C)cc3c(=O)c2[C@@H]1c1cc(OC)ccc1OC. The highest BCUT2D eigenvalue weighted by Crippen LogP contribution is 2.42. The average Bonchev–Trinajstić information content (AvgIpc) is 3.11. The first-order valence-corrected chi connectivity index (χ1v) is 11.3. The van der Waals surface area contributed by atoms with Crippen LogP contribution in [0.2, 0.25) is 0 Å². The molecular formula is C26H30N2O5. The maximum atomic E-state index is 13.7. The average molecular weight is 451 g/mol. The van der Waals surface area contributed by atoms with Crippen LogP contribution in [0.1, 0.15) is 47.1 Å². The van der Waals surface area contributed by atoms with Gasteiger partial charge in [0, 0.05) is 18.7 Å². The smallest absolute Gasteiger partial charge is 0.290 e. The lowest BCUT2D eigenvalue weighted by Gasteiger charge is -2.29. The molecule has 2 aromatic carbocycles. The summed E-state index contributed by atoms with van der Waals surface area (Å²) in [6, 6.07) is 10.2. The molecule has 1 amide bonds. The predicted molar refractivity (Wildman–Crippen MR) is 127 cm³/mol. The number of rotatable bonds is 8.